The van der Waals surface area contributed by atoms with Crippen LogP contribution in [0.3, 0.4) is 0 Å². The third kappa shape index (κ3) is 1.72. The summed E-state index contributed by atoms with van der Waals surface area (Å²) in [5, 5.41) is 0. The van der Waals surface area contributed by atoms with Gasteiger partial charge < -0.3 is 4.74 Å². The SMILES string of the molecule is CC1(C)CC(ON)C(C)(C)O1. The Hall–Kier alpha value is -0.120. The first-order valence-corrected chi connectivity index (χ1v) is 3.93. The molecule has 1 saturated heterocycles. The van der Waals surface area contributed by atoms with Crippen LogP contribution in [0.2, 0.25) is 0 Å². The average molecular weight is 159 g/mol. The highest BCUT2D eigenvalue weighted by molar-refractivity contribution is 4.94. The van der Waals surface area contributed by atoms with E-state index in [2.05, 4.69) is 0 Å². The van der Waals surface area contributed by atoms with E-state index in [4.69, 9.17) is 15.5 Å². The van der Waals surface area contributed by atoms with Gasteiger partial charge in [0.15, 0.2) is 0 Å². The summed E-state index contributed by atoms with van der Waals surface area (Å²) >= 11 is 0. The lowest BCUT2D eigenvalue weighted by Gasteiger charge is -2.25. The van der Waals surface area contributed by atoms with Gasteiger partial charge in [0, 0.05) is 6.42 Å². The lowest BCUT2D eigenvalue weighted by atomic mass is 9.97. The molecule has 0 amide bonds. The Balaban J connectivity index is 2.71. The van der Waals surface area contributed by atoms with Crippen molar-refractivity contribution in [3.63, 3.8) is 0 Å². The van der Waals surface area contributed by atoms with Gasteiger partial charge in [0.2, 0.25) is 0 Å². The fraction of sp³-hybridized carbons (Fsp3) is 1.00. The van der Waals surface area contributed by atoms with E-state index in [1.54, 1.807) is 0 Å². The molecule has 1 atom stereocenters. The Morgan fingerprint density at radius 1 is 1.36 bits per heavy atom. The molecule has 1 heterocycles. The average Bonchev–Trinajstić information content (AvgIpc) is 1.99. The topological polar surface area (TPSA) is 44.5 Å². The highest BCUT2D eigenvalue weighted by Gasteiger charge is 2.46. The summed E-state index contributed by atoms with van der Waals surface area (Å²) in [7, 11) is 0. The van der Waals surface area contributed by atoms with Crippen molar-refractivity contribution in [3.05, 3.63) is 0 Å². The Morgan fingerprint density at radius 3 is 2.09 bits per heavy atom. The van der Waals surface area contributed by atoms with Crippen LogP contribution in [0.1, 0.15) is 34.1 Å². The quantitative estimate of drug-likeness (QED) is 0.585. The molecule has 0 radical (unpaired) electrons. The fourth-order valence-corrected chi connectivity index (χ4v) is 1.72. The summed E-state index contributed by atoms with van der Waals surface area (Å²) in [6.45, 7) is 8.10. The van der Waals surface area contributed by atoms with Gasteiger partial charge in [-0.1, -0.05) is 0 Å². The summed E-state index contributed by atoms with van der Waals surface area (Å²) in [5.74, 6) is 5.15. The first-order valence-electron chi connectivity index (χ1n) is 3.93. The summed E-state index contributed by atoms with van der Waals surface area (Å²) < 4.78 is 5.73. The van der Waals surface area contributed by atoms with Gasteiger partial charge in [0.05, 0.1) is 11.2 Å². The van der Waals surface area contributed by atoms with Crippen LogP contribution in [-0.4, -0.2) is 17.3 Å². The van der Waals surface area contributed by atoms with Gasteiger partial charge in [-0.2, -0.15) is 0 Å². The third-order valence-electron chi connectivity index (χ3n) is 2.16. The van der Waals surface area contributed by atoms with E-state index >= 15 is 0 Å². The minimum atomic E-state index is -0.252. The summed E-state index contributed by atoms with van der Waals surface area (Å²) in [4.78, 5) is 4.84. The highest BCUT2D eigenvalue weighted by Crippen LogP contribution is 2.38. The second-order valence-corrected chi connectivity index (χ2v) is 4.29. The minimum absolute atomic E-state index is 0.0116. The molecular formula is C8H17NO2. The molecule has 2 N–H and O–H groups in total. The largest absolute Gasteiger partial charge is 0.367 e. The Kier molecular flexibility index (Phi) is 1.99. The molecule has 66 valence electrons. The zero-order valence-electron chi connectivity index (χ0n) is 7.68. The van der Waals surface area contributed by atoms with Crippen LogP contribution in [0.4, 0.5) is 0 Å². The monoisotopic (exact) mass is 159 g/mol. The van der Waals surface area contributed by atoms with E-state index in [0.29, 0.717) is 0 Å². The summed E-state index contributed by atoms with van der Waals surface area (Å²) in [6, 6.07) is 0. The van der Waals surface area contributed by atoms with E-state index in [0.717, 1.165) is 6.42 Å². The van der Waals surface area contributed by atoms with Gasteiger partial charge >= 0.3 is 0 Å². The minimum Gasteiger partial charge on any atom is -0.367 e. The van der Waals surface area contributed by atoms with Crippen molar-refractivity contribution in [1.29, 1.82) is 0 Å². The van der Waals surface area contributed by atoms with Gasteiger partial charge in [0.1, 0.15) is 6.10 Å². The molecule has 1 rings (SSSR count). The van der Waals surface area contributed by atoms with Crippen LogP contribution in [0.5, 0.6) is 0 Å². The van der Waals surface area contributed by atoms with Crippen LogP contribution in [0.15, 0.2) is 0 Å². The molecule has 3 nitrogen and oxygen atoms in total. The molecule has 0 bridgehead atoms. The van der Waals surface area contributed by atoms with Crippen LogP contribution in [0.25, 0.3) is 0 Å². The Labute approximate surface area is 67.8 Å². The van der Waals surface area contributed by atoms with E-state index in [1.807, 2.05) is 27.7 Å². The molecule has 0 aliphatic carbocycles. The maximum atomic E-state index is 5.73. The summed E-state index contributed by atoms with van der Waals surface area (Å²) in [5.41, 5.74) is -0.355. The van der Waals surface area contributed by atoms with Crippen molar-refractivity contribution >= 4 is 0 Å². The van der Waals surface area contributed by atoms with Crippen molar-refractivity contribution in [3.8, 4) is 0 Å². The van der Waals surface area contributed by atoms with Gasteiger partial charge in [-0.3, -0.25) is 4.84 Å². The number of nitrogens with two attached hydrogens (primary N) is 1. The number of ether oxygens (including phenoxy) is 1. The fourth-order valence-electron chi connectivity index (χ4n) is 1.72. The molecule has 1 aliphatic heterocycles. The zero-order valence-corrected chi connectivity index (χ0v) is 7.68. The molecule has 3 heteroatoms. The first-order chi connectivity index (χ1) is 4.87. The maximum Gasteiger partial charge on any atom is 0.110 e. The lowest BCUT2D eigenvalue weighted by molar-refractivity contribution is -0.104. The third-order valence-corrected chi connectivity index (χ3v) is 2.16. The predicted octanol–water partition coefficient (Wildman–Crippen LogP) is 1.22. The molecule has 0 spiro atoms. The van der Waals surface area contributed by atoms with Crippen molar-refractivity contribution in [2.45, 2.75) is 51.4 Å². The molecule has 0 aromatic carbocycles. The molecule has 0 aromatic rings. The molecule has 1 fully saturated rings. The molecule has 11 heavy (non-hydrogen) atoms. The second-order valence-electron chi connectivity index (χ2n) is 4.29. The van der Waals surface area contributed by atoms with Gasteiger partial charge in [0.25, 0.3) is 0 Å². The molecule has 0 aromatic heterocycles. The standard InChI is InChI=1S/C8H17NO2/c1-7(2)5-6(10-9)8(3,4)11-7/h6H,5,9H2,1-4H3. The van der Waals surface area contributed by atoms with Crippen LogP contribution in [-0.2, 0) is 9.57 Å². The zero-order chi connectivity index (χ0) is 8.70. The number of hydrogen-bond acceptors (Lipinski definition) is 3. The first kappa shape index (κ1) is 8.97. The van der Waals surface area contributed by atoms with Crippen LogP contribution in [0, 0.1) is 0 Å². The molecule has 1 unspecified atom stereocenters. The van der Waals surface area contributed by atoms with Gasteiger partial charge in [-0.25, -0.2) is 5.90 Å². The van der Waals surface area contributed by atoms with Gasteiger partial charge in [-0.15, -0.1) is 0 Å². The highest BCUT2D eigenvalue weighted by atomic mass is 16.7. The number of hydrogen-bond donors (Lipinski definition) is 1. The normalized spacial score (nSPS) is 34.1. The smallest absolute Gasteiger partial charge is 0.110 e. The van der Waals surface area contributed by atoms with E-state index in [-0.39, 0.29) is 17.3 Å². The van der Waals surface area contributed by atoms with E-state index in [9.17, 15) is 0 Å². The number of rotatable bonds is 1. The second kappa shape index (κ2) is 2.44. The van der Waals surface area contributed by atoms with E-state index < -0.39 is 0 Å². The van der Waals surface area contributed by atoms with E-state index in [1.165, 1.54) is 0 Å². The maximum absolute atomic E-state index is 5.73. The van der Waals surface area contributed by atoms with Crippen molar-refractivity contribution in [2.75, 3.05) is 0 Å². The molecule has 0 saturated carbocycles. The lowest BCUT2D eigenvalue weighted by Crippen LogP contribution is -2.36. The molecular weight excluding hydrogens is 142 g/mol. The summed E-state index contributed by atoms with van der Waals surface area (Å²) in [6.07, 6.45) is 0.869. The Bertz CT molecular complexity index is 154. The van der Waals surface area contributed by atoms with Gasteiger partial charge in [-0.05, 0) is 27.7 Å². The Morgan fingerprint density at radius 2 is 1.91 bits per heavy atom. The van der Waals surface area contributed by atoms with Crippen molar-refractivity contribution in [2.24, 2.45) is 5.90 Å². The predicted molar refractivity (Wildman–Crippen MR) is 42.9 cm³/mol. The van der Waals surface area contributed by atoms with Crippen LogP contribution < -0.4 is 5.90 Å². The van der Waals surface area contributed by atoms with Crippen LogP contribution >= 0.6 is 0 Å². The molecule has 1 aliphatic rings. The van der Waals surface area contributed by atoms with Crippen molar-refractivity contribution in [1.82, 2.24) is 0 Å². The van der Waals surface area contributed by atoms with Crippen molar-refractivity contribution < 1.29 is 9.57 Å².